The molecule has 1 aromatic carbocycles. The molecule has 1 aromatic heterocycles. The Hall–Kier alpha value is -1.000. The van der Waals surface area contributed by atoms with Gasteiger partial charge in [-0.1, -0.05) is 11.6 Å². The summed E-state index contributed by atoms with van der Waals surface area (Å²) < 4.78 is 2.00. The molecule has 0 saturated carbocycles. The summed E-state index contributed by atoms with van der Waals surface area (Å²) in [5.74, 6) is 2.76. The predicted octanol–water partition coefficient (Wildman–Crippen LogP) is 3.73. The Morgan fingerprint density at radius 2 is 1.93 bits per heavy atom. The Bertz CT molecular complexity index is 756. The van der Waals surface area contributed by atoms with Crippen molar-refractivity contribution in [2.75, 3.05) is 20.1 Å². The van der Waals surface area contributed by atoms with E-state index in [9.17, 15) is 0 Å². The van der Waals surface area contributed by atoms with Crippen LogP contribution in [0.15, 0.2) is 34.2 Å². The highest BCUT2D eigenvalue weighted by Gasteiger charge is 2.22. The minimum absolute atomic E-state index is 0. The summed E-state index contributed by atoms with van der Waals surface area (Å²) in [7, 11) is 3.81. The summed E-state index contributed by atoms with van der Waals surface area (Å²) in [5, 5.41) is 13.1. The summed E-state index contributed by atoms with van der Waals surface area (Å²) in [4.78, 5) is 8.04. The molecule has 2 aromatic rings. The van der Waals surface area contributed by atoms with Crippen molar-refractivity contribution in [2.24, 2.45) is 12.0 Å². The van der Waals surface area contributed by atoms with E-state index in [-0.39, 0.29) is 24.0 Å². The smallest absolute Gasteiger partial charge is 0.194 e. The molecule has 6 nitrogen and oxygen atoms in total. The fourth-order valence-corrected chi connectivity index (χ4v) is 4.24. The molecule has 0 bridgehead atoms. The number of hydrogen-bond acceptors (Lipinski definition) is 4. The molecule has 1 saturated heterocycles. The lowest BCUT2D eigenvalue weighted by Crippen LogP contribution is -2.46. The molecule has 0 spiro atoms. The van der Waals surface area contributed by atoms with Crippen LogP contribution in [-0.2, 0) is 13.6 Å². The number of nitrogens with zero attached hydrogens (tertiary/aromatic N) is 5. The van der Waals surface area contributed by atoms with Crippen LogP contribution in [0.3, 0.4) is 0 Å². The van der Waals surface area contributed by atoms with E-state index < -0.39 is 0 Å². The number of benzene rings is 1. The quantitative estimate of drug-likeness (QED) is 0.378. The van der Waals surface area contributed by atoms with Crippen LogP contribution in [0.1, 0.15) is 24.5 Å². The number of nitrogens with one attached hydrogen (secondary N) is 1. The molecule has 2 heterocycles. The highest BCUT2D eigenvalue weighted by Crippen LogP contribution is 2.31. The summed E-state index contributed by atoms with van der Waals surface area (Å²) in [6.07, 6.45) is 2.27. The molecule has 1 N–H and O–H groups in total. The van der Waals surface area contributed by atoms with E-state index in [1.165, 1.54) is 4.90 Å². The van der Waals surface area contributed by atoms with Crippen LogP contribution in [0, 0.1) is 6.92 Å². The largest absolute Gasteiger partial charge is 0.349 e. The Kier molecular flexibility index (Phi) is 8.68. The molecule has 1 aliphatic rings. The first-order chi connectivity index (χ1) is 12.6. The van der Waals surface area contributed by atoms with Gasteiger partial charge in [-0.2, -0.15) is 0 Å². The number of thioether (sulfide) groups is 1. The van der Waals surface area contributed by atoms with Gasteiger partial charge >= 0.3 is 0 Å². The maximum Gasteiger partial charge on any atom is 0.194 e. The van der Waals surface area contributed by atoms with Crippen molar-refractivity contribution < 1.29 is 0 Å². The maximum atomic E-state index is 5.96. The van der Waals surface area contributed by atoms with Crippen molar-refractivity contribution in [3.63, 3.8) is 0 Å². The van der Waals surface area contributed by atoms with Gasteiger partial charge in [-0.05, 0) is 44.0 Å². The molecule has 0 radical (unpaired) electrons. The van der Waals surface area contributed by atoms with Crippen molar-refractivity contribution in [1.82, 2.24) is 25.0 Å². The lowest BCUT2D eigenvalue weighted by molar-refractivity contribution is 0.337. The monoisotopic (exact) mass is 520 g/mol. The van der Waals surface area contributed by atoms with Crippen LogP contribution < -0.4 is 5.32 Å². The number of aliphatic imine (C=N–C) groups is 1. The maximum absolute atomic E-state index is 5.96. The van der Waals surface area contributed by atoms with Gasteiger partial charge in [-0.15, -0.1) is 45.9 Å². The van der Waals surface area contributed by atoms with Gasteiger partial charge < -0.3 is 14.8 Å². The fourth-order valence-electron chi connectivity index (χ4n) is 2.99. The molecule has 27 heavy (non-hydrogen) atoms. The zero-order valence-corrected chi connectivity index (χ0v) is 19.8. The molecular formula is C18H26ClIN6S. The molecule has 1 fully saturated rings. The number of rotatable bonds is 4. The lowest BCUT2D eigenvalue weighted by atomic mass is 10.1. The van der Waals surface area contributed by atoms with Gasteiger partial charge in [0.15, 0.2) is 11.8 Å². The van der Waals surface area contributed by atoms with Crippen LogP contribution >= 0.6 is 47.3 Å². The summed E-state index contributed by atoms with van der Waals surface area (Å²) in [5.41, 5.74) is 0. The number of hydrogen-bond donors (Lipinski definition) is 1. The summed E-state index contributed by atoms with van der Waals surface area (Å²) >= 11 is 7.91. The second-order valence-electron chi connectivity index (χ2n) is 6.38. The van der Waals surface area contributed by atoms with Crippen molar-refractivity contribution in [2.45, 2.75) is 36.5 Å². The first-order valence-corrected chi connectivity index (χ1v) is 10.0. The zero-order chi connectivity index (χ0) is 18.5. The van der Waals surface area contributed by atoms with E-state index in [0.29, 0.717) is 11.8 Å². The first kappa shape index (κ1) is 22.3. The number of guanidine groups is 1. The fraction of sp³-hybridized carbons (Fsp3) is 0.500. The van der Waals surface area contributed by atoms with E-state index in [1.807, 2.05) is 49.5 Å². The molecule has 9 heteroatoms. The second kappa shape index (κ2) is 10.5. The van der Waals surface area contributed by atoms with Gasteiger partial charge in [0.05, 0.1) is 6.54 Å². The van der Waals surface area contributed by atoms with Gasteiger partial charge in [0.2, 0.25) is 0 Å². The van der Waals surface area contributed by atoms with Crippen LogP contribution in [0.4, 0.5) is 0 Å². The van der Waals surface area contributed by atoms with E-state index in [4.69, 9.17) is 11.6 Å². The topological polar surface area (TPSA) is 58.3 Å². The van der Waals surface area contributed by atoms with Crippen molar-refractivity contribution >= 4 is 53.3 Å². The average Bonchev–Trinajstić information content (AvgIpc) is 2.97. The third-order valence-electron chi connectivity index (χ3n) is 4.66. The molecule has 3 rings (SSSR count). The Morgan fingerprint density at radius 1 is 1.26 bits per heavy atom. The van der Waals surface area contributed by atoms with Gasteiger partial charge in [-0.25, -0.2) is 0 Å². The summed E-state index contributed by atoms with van der Waals surface area (Å²) in [6, 6.07) is 8.11. The molecular weight excluding hydrogens is 495 g/mol. The lowest BCUT2D eigenvalue weighted by Gasteiger charge is -2.34. The molecule has 0 amide bonds. The third-order valence-corrected chi connectivity index (χ3v) is 6.26. The molecule has 1 aliphatic heterocycles. The van der Waals surface area contributed by atoms with Crippen LogP contribution in [-0.4, -0.2) is 51.0 Å². The molecule has 0 unspecified atom stereocenters. The van der Waals surface area contributed by atoms with E-state index in [0.717, 1.165) is 48.6 Å². The Balaban J connectivity index is 0.00000261. The number of piperidine rings is 1. The highest BCUT2D eigenvalue weighted by molar-refractivity contribution is 14.0. The minimum atomic E-state index is 0. The Labute approximate surface area is 187 Å². The summed E-state index contributed by atoms with van der Waals surface area (Å²) in [6.45, 7) is 4.59. The number of likely N-dealkylation sites (tertiary alicyclic amines) is 1. The molecule has 148 valence electrons. The highest BCUT2D eigenvalue weighted by atomic mass is 127. The normalized spacial score (nSPS) is 15.6. The van der Waals surface area contributed by atoms with Crippen LogP contribution in [0.2, 0.25) is 5.02 Å². The minimum Gasteiger partial charge on any atom is -0.349 e. The number of aromatic nitrogens is 3. The van der Waals surface area contributed by atoms with Gasteiger partial charge in [0.25, 0.3) is 0 Å². The second-order valence-corrected chi connectivity index (χ2v) is 8.19. The standard InChI is InChI=1S/C18H25ClN6S.HI/c1-13-22-23-17(24(13)3)12-21-18(20-2)25-10-8-16(9-11-25)26-15-6-4-14(19)5-7-15;/h4-7,16H,8-12H2,1-3H3,(H,20,21);1H. The predicted molar refractivity (Wildman–Crippen MR) is 123 cm³/mol. The molecule has 0 atom stereocenters. The van der Waals surface area contributed by atoms with Gasteiger partial charge in [-0.3, -0.25) is 4.99 Å². The third kappa shape index (κ3) is 5.99. The van der Waals surface area contributed by atoms with Crippen molar-refractivity contribution in [3.05, 3.63) is 40.9 Å². The van der Waals surface area contributed by atoms with Crippen LogP contribution in [0.25, 0.3) is 0 Å². The van der Waals surface area contributed by atoms with Crippen molar-refractivity contribution in [1.29, 1.82) is 0 Å². The average molecular weight is 521 g/mol. The van der Waals surface area contributed by atoms with E-state index in [1.54, 1.807) is 0 Å². The number of aryl methyl sites for hydroxylation is 1. The van der Waals surface area contributed by atoms with Crippen LogP contribution in [0.5, 0.6) is 0 Å². The molecule has 0 aliphatic carbocycles. The van der Waals surface area contributed by atoms with E-state index in [2.05, 4.69) is 37.5 Å². The van der Waals surface area contributed by atoms with E-state index >= 15 is 0 Å². The number of halogens is 2. The first-order valence-electron chi connectivity index (χ1n) is 8.79. The zero-order valence-electron chi connectivity index (χ0n) is 15.9. The van der Waals surface area contributed by atoms with Gasteiger partial charge in [0.1, 0.15) is 5.82 Å². The van der Waals surface area contributed by atoms with Crippen molar-refractivity contribution in [3.8, 4) is 0 Å². The Morgan fingerprint density at radius 3 is 2.48 bits per heavy atom. The van der Waals surface area contributed by atoms with Gasteiger partial charge in [0, 0.05) is 42.4 Å². The SMILES string of the molecule is CN=C(NCc1nnc(C)n1C)N1CCC(Sc2ccc(Cl)cc2)CC1.I.